The van der Waals surface area contributed by atoms with Crippen LogP contribution in [0.2, 0.25) is 0 Å². The summed E-state index contributed by atoms with van der Waals surface area (Å²) in [6, 6.07) is 62.8. The van der Waals surface area contributed by atoms with Crippen LogP contribution >= 0.6 is 0 Å². The predicted octanol–water partition coefficient (Wildman–Crippen LogP) is 12.7. The van der Waals surface area contributed by atoms with E-state index in [9.17, 15) is 0 Å². The normalized spacial score (nSPS) is 11.5. The molecule has 9 rings (SSSR count). The van der Waals surface area contributed by atoms with Crippen molar-refractivity contribution in [1.29, 1.82) is 0 Å². The van der Waals surface area contributed by atoms with E-state index < -0.39 is 0 Å². The summed E-state index contributed by atoms with van der Waals surface area (Å²) in [5.41, 5.74) is 9.98. The second kappa shape index (κ2) is 10.8. The van der Waals surface area contributed by atoms with E-state index in [4.69, 9.17) is 4.42 Å². The Morgan fingerprint density at radius 1 is 0.304 bits per heavy atom. The first-order valence-corrected chi connectivity index (χ1v) is 15.7. The number of hydrogen-bond acceptors (Lipinski definition) is 2. The Kier molecular flexibility index (Phi) is 6.17. The number of anilines is 3. The molecule has 0 saturated heterocycles. The van der Waals surface area contributed by atoms with Crippen LogP contribution in [-0.4, -0.2) is 0 Å². The van der Waals surface area contributed by atoms with E-state index >= 15 is 0 Å². The van der Waals surface area contributed by atoms with Gasteiger partial charge in [-0.2, -0.15) is 0 Å². The molecule has 0 unspecified atom stereocenters. The largest absolute Gasteiger partial charge is 0.456 e. The van der Waals surface area contributed by atoms with Crippen molar-refractivity contribution in [2.75, 3.05) is 4.90 Å². The van der Waals surface area contributed by atoms with Crippen molar-refractivity contribution in [1.82, 2.24) is 0 Å². The molecule has 8 aromatic carbocycles. The fraction of sp³-hybridized carbons (Fsp3) is 0. The van der Waals surface area contributed by atoms with Crippen molar-refractivity contribution in [2.24, 2.45) is 0 Å². The molecule has 0 aliphatic carbocycles. The Labute approximate surface area is 267 Å². The molecule has 0 fully saturated rings. The molecule has 216 valence electrons. The van der Waals surface area contributed by atoms with Crippen molar-refractivity contribution >= 4 is 60.5 Å². The maximum Gasteiger partial charge on any atom is 0.136 e. The molecule has 9 aromatic rings. The van der Waals surface area contributed by atoms with Crippen molar-refractivity contribution in [2.45, 2.75) is 0 Å². The summed E-state index contributed by atoms with van der Waals surface area (Å²) < 4.78 is 6.19. The van der Waals surface area contributed by atoms with Crippen LogP contribution in [0.4, 0.5) is 17.1 Å². The van der Waals surface area contributed by atoms with Crippen LogP contribution in [-0.2, 0) is 0 Å². The number of para-hydroxylation sites is 1. The summed E-state index contributed by atoms with van der Waals surface area (Å²) in [7, 11) is 0. The Balaban J connectivity index is 1.20. The van der Waals surface area contributed by atoms with Crippen LogP contribution in [0.25, 0.3) is 65.7 Å². The van der Waals surface area contributed by atoms with E-state index in [1.54, 1.807) is 0 Å². The minimum Gasteiger partial charge on any atom is -0.456 e. The molecule has 0 amide bonds. The van der Waals surface area contributed by atoms with Gasteiger partial charge < -0.3 is 9.32 Å². The maximum atomic E-state index is 6.19. The van der Waals surface area contributed by atoms with Gasteiger partial charge >= 0.3 is 0 Å². The summed E-state index contributed by atoms with van der Waals surface area (Å²) in [6.07, 6.45) is 0. The number of nitrogens with zero attached hydrogens (tertiary/aromatic N) is 1. The third-order valence-electron chi connectivity index (χ3n) is 9.02. The van der Waals surface area contributed by atoms with E-state index in [0.717, 1.165) is 39.0 Å². The molecule has 0 bridgehead atoms. The van der Waals surface area contributed by atoms with Crippen molar-refractivity contribution in [3.05, 3.63) is 176 Å². The minimum atomic E-state index is 0.922. The average molecular weight is 588 g/mol. The van der Waals surface area contributed by atoms with E-state index in [2.05, 4.69) is 169 Å². The summed E-state index contributed by atoms with van der Waals surface area (Å²) in [5, 5.41) is 7.13. The topological polar surface area (TPSA) is 16.4 Å². The van der Waals surface area contributed by atoms with Gasteiger partial charge in [0, 0.05) is 27.8 Å². The lowest BCUT2D eigenvalue weighted by Gasteiger charge is -2.27. The van der Waals surface area contributed by atoms with Gasteiger partial charge in [0.05, 0.1) is 0 Å². The van der Waals surface area contributed by atoms with E-state index in [1.165, 1.54) is 43.8 Å². The molecule has 0 atom stereocenters. The number of benzene rings is 8. The smallest absolute Gasteiger partial charge is 0.136 e. The zero-order valence-electron chi connectivity index (χ0n) is 25.1. The first kappa shape index (κ1) is 26.3. The fourth-order valence-corrected chi connectivity index (χ4v) is 6.75. The third kappa shape index (κ3) is 4.51. The van der Waals surface area contributed by atoms with Gasteiger partial charge in [-0.25, -0.2) is 0 Å². The van der Waals surface area contributed by atoms with E-state index in [1.807, 2.05) is 12.1 Å². The molecule has 1 aromatic heterocycles. The molecule has 1 heterocycles. The van der Waals surface area contributed by atoms with Crippen LogP contribution in [0.5, 0.6) is 0 Å². The fourth-order valence-electron chi connectivity index (χ4n) is 6.75. The lowest BCUT2D eigenvalue weighted by Crippen LogP contribution is -2.10. The maximum absolute atomic E-state index is 6.19. The van der Waals surface area contributed by atoms with Crippen LogP contribution in [0.15, 0.2) is 180 Å². The van der Waals surface area contributed by atoms with E-state index in [-0.39, 0.29) is 0 Å². The van der Waals surface area contributed by atoms with Gasteiger partial charge in [-0.3, -0.25) is 0 Å². The zero-order chi connectivity index (χ0) is 30.5. The highest BCUT2D eigenvalue weighted by Gasteiger charge is 2.16. The summed E-state index contributed by atoms with van der Waals surface area (Å²) in [5.74, 6) is 0. The second-order valence-corrected chi connectivity index (χ2v) is 11.8. The highest BCUT2D eigenvalue weighted by molar-refractivity contribution is 6.16. The quantitative estimate of drug-likeness (QED) is 0.186. The third-order valence-corrected chi connectivity index (χ3v) is 9.02. The SMILES string of the molecule is c1ccc(-c2ccc(N(c3cccc(-c4ccccc4)c3)c3ccc4c(ccc5cc6oc7ccccc7c6cc54)c3)cc2)cc1. The van der Waals surface area contributed by atoms with Crippen LogP contribution in [0, 0.1) is 0 Å². The molecule has 0 radical (unpaired) electrons. The summed E-state index contributed by atoms with van der Waals surface area (Å²) >= 11 is 0. The molecule has 2 heteroatoms. The first-order chi connectivity index (χ1) is 22.8. The summed E-state index contributed by atoms with van der Waals surface area (Å²) in [4.78, 5) is 2.36. The number of fused-ring (bicyclic) bond motifs is 6. The molecular weight excluding hydrogens is 558 g/mol. The van der Waals surface area contributed by atoms with Crippen LogP contribution < -0.4 is 4.90 Å². The minimum absolute atomic E-state index is 0.922. The molecule has 46 heavy (non-hydrogen) atoms. The molecule has 0 saturated carbocycles. The van der Waals surface area contributed by atoms with Gasteiger partial charge in [-0.15, -0.1) is 0 Å². The Bertz CT molecular complexity index is 2510. The zero-order valence-corrected chi connectivity index (χ0v) is 25.1. The predicted molar refractivity (Wildman–Crippen MR) is 194 cm³/mol. The number of hydrogen-bond donors (Lipinski definition) is 0. The second-order valence-electron chi connectivity index (χ2n) is 11.8. The first-order valence-electron chi connectivity index (χ1n) is 15.7. The Hall–Kier alpha value is -6.12. The van der Waals surface area contributed by atoms with Gasteiger partial charge in [0.2, 0.25) is 0 Å². The number of rotatable bonds is 5. The van der Waals surface area contributed by atoms with Gasteiger partial charge in [-0.1, -0.05) is 121 Å². The highest BCUT2D eigenvalue weighted by atomic mass is 16.3. The van der Waals surface area contributed by atoms with Crippen LogP contribution in [0.1, 0.15) is 0 Å². The lowest BCUT2D eigenvalue weighted by molar-refractivity contribution is 0.669. The summed E-state index contributed by atoms with van der Waals surface area (Å²) in [6.45, 7) is 0. The average Bonchev–Trinajstić information content (AvgIpc) is 3.49. The van der Waals surface area contributed by atoms with Crippen molar-refractivity contribution in [3.63, 3.8) is 0 Å². The standard InChI is InChI=1S/C44H29NO/c1-3-10-30(11-4-1)32-20-22-36(23-21-32)45(37-15-9-14-33(26-37)31-12-5-2-6-13-31)38-24-25-39-34(27-38)18-19-35-28-44-42(29-41(35)39)40-16-7-8-17-43(40)46-44/h1-29H. The van der Waals surface area contributed by atoms with Gasteiger partial charge in [0.25, 0.3) is 0 Å². The number of furan rings is 1. The molecule has 0 aliphatic rings. The Morgan fingerprint density at radius 2 is 0.913 bits per heavy atom. The molecular formula is C44H29NO. The van der Waals surface area contributed by atoms with Gasteiger partial charge in [0.1, 0.15) is 11.2 Å². The lowest BCUT2D eigenvalue weighted by atomic mass is 9.98. The molecule has 0 spiro atoms. The highest BCUT2D eigenvalue weighted by Crippen LogP contribution is 2.40. The Morgan fingerprint density at radius 3 is 1.70 bits per heavy atom. The monoisotopic (exact) mass is 587 g/mol. The molecule has 0 N–H and O–H groups in total. The molecule has 0 aliphatic heterocycles. The van der Waals surface area contributed by atoms with Gasteiger partial charge in [0.15, 0.2) is 0 Å². The van der Waals surface area contributed by atoms with Gasteiger partial charge in [-0.05, 0) is 98.4 Å². The van der Waals surface area contributed by atoms with E-state index in [0.29, 0.717) is 0 Å². The molecule has 2 nitrogen and oxygen atoms in total. The van der Waals surface area contributed by atoms with Crippen LogP contribution in [0.3, 0.4) is 0 Å². The van der Waals surface area contributed by atoms with Crippen molar-refractivity contribution < 1.29 is 4.42 Å². The van der Waals surface area contributed by atoms with Crippen molar-refractivity contribution in [3.8, 4) is 22.3 Å².